The van der Waals surface area contributed by atoms with E-state index in [9.17, 15) is 10.2 Å². The third-order valence-corrected chi connectivity index (χ3v) is 12.1. The number of hydrogen-bond donors (Lipinski definition) is 2. The highest BCUT2D eigenvalue weighted by Crippen LogP contribution is 2.44. The number of benzene rings is 4. The Bertz CT molecular complexity index is 1740. The minimum atomic E-state index is -0.00412. The Morgan fingerprint density at radius 2 is 0.722 bits per heavy atom. The van der Waals surface area contributed by atoms with Crippen LogP contribution >= 0.6 is 0 Å². The zero-order chi connectivity index (χ0) is 40.0. The molecule has 2 atom stereocenters. The van der Waals surface area contributed by atoms with Gasteiger partial charge in [-0.1, -0.05) is 157 Å². The second kappa shape index (κ2) is 15.5. The first-order valence-electron chi connectivity index (χ1n) is 20.9. The number of aryl methyl sites for hydroxylation is 2. The zero-order valence-electron chi connectivity index (χ0n) is 36.5. The van der Waals surface area contributed by atoms with Gasteiger partial charge in [-0.15, -0.1) is 0 Å². The Kier molecular flexibility index (Phi) is 12.0. The van der Waals surface area contributed by atoms with Gasteiger partial charge in [0.2, 0.25) is 0 Å². The monoisotopic (exact) mass is 729 g/mol. The van der Waals surface area contributed by atoms with Crippen molar-refractivity contribution in [3.63, 3.8) is 0 Å². The Morgan fingerprint density at radius 3 is 1.00 bits per heavy atom. The molecule has 0 aliphatic heterocycles. The van der Waals surface area contributed by atoms with Crippen molar-refractivity contribution in [2.75, 3.05) is 0 Å². The van der Waals surface area contributed by atoms with E-state index in [0.29, 0.717) is 23.3 Å². The molecule has 0 bridgehead atoms. The third-order valence-electron chi connectivity index (χ3n) is 12.1. The van der Waals surface area contributed by atoms with E-state index in [-0.39, 0.29) is 21.7 Å². The van der Waals surface area contributed by atoms with Crippen LogP contribution in [-0.4, -0.2) is 10.2 Å². The van der Waals surface area contributed by atoms with E-state index in [1.165, 1.54) is 59.1 Å². The van der Waals surface area contributed by atoms with Crippen LogP contribution in [-0.2, 0) is 34.5 Å². The summed E-state index contributed by atoms with van der Waals surface area (Å²) in [5, 5.41) is 24.3. The number of phenols is 2. The van der Waals surface area contributed by atoms with Crippen LogP contribution in [0.3, 0.4) is 0 Å². The molecule has 1 aliphatic rings. The standard InChI is InChI=1S/C52H72O2/c1-33-21-39(47(53)45(23-33)37-27-41(49(3,4)5)31-42(28-37)50(6,7)8)25-35-19-17-15-16-18-20-36(35)26-40-22-34(2)24-46(48(40)54)38-29-43(51(9,10)11)32-44(30-38)52(12,13)14/h21-24,27-32,35-36,53-54H,15-20,25-26H2,1-14H3/t35-,36-/m1/s1. The molecule has 0 spiro atoms. The summed E-state index contributed by atoms with van der Waals surface area (Å²) < 4.78 is 0. The highest BCUT2D eigenvalue weighted by Gasteiger charge is 2.29. The van der Waals surface area contributed by atoms with Gasteiger partial charge in [-0.2, -0.15) is 0 Å². The smallest absolute Gasteiger partial charge is 0.126 e. The maximum atomic E-state index is 12.1. The van der Waals surface area contributed by atoms with E-state index >= 15 is 0 Å². The molecule has 1 saturated carbocycles. The van der Waals surface area contributed by atoms with Crippen molar-refractivity contribution in [3.8, 4) is 33.8 Å². The Hall–Kier alpha value is -3.52. The molecule has 0 saturated heterocycles. The van der Waals surface area contributed by atoms with Crippen molar-refractivity contribution in [1.82, 2.24) is 0 Å². The number of hydrogen-bond acceptors (Lipinski definition) is 2. The summed E-state index contributed by atoms with van der Waals surface area (Å²) in [4.78, 5) is 0. The number of phenolic OH excluding ortho intramolecular Hbond substituents is 2. The molecule has 0 amide bonds. The first-order valence-corrected chi connectivity index (χ1v) is 20.9. The van der Waals surface area contributed by atoms with E-state index in [1.807, 2.05) is 0 Å². The second-order valence-electron chi connectivity index (χ2n) is 21.2. The summed E-state index contributed by atoms with van der Waals surface area (Å²) in [5.41, 5.74) is 13.7. The van der Waals surface area contributed by atoms with Gasteiger partial charge < -0.3 is 10.2 Å². The summed E-state index contributed by atoms with van der Waals surface area (Å²) in [6.07, 6.45) is 8.93. The van der Waals surface area contributed by atoms with Gasteiger partial charge in [0.05, 0.1) is 0 Å². The molecule has 4 aromatic rings. The highest BCUT2D eigenvalue weighted by atomic mass is 16.3. The van der Waals surface area contributed by atoms with Gasteiger partial charge in [0.1, 0.15) is 11.5 Å². The van der Waals surface area contributed by atoms with Gasteiger partial charge in [-0.3, -0.25) is 0 Å². The maximum Gasteiger partial charge on any atom is 0.126 e. The minimum absolute atomic E-state index is 0.00412. The summed E-state index contributed by atoms with van der Waals surface area (Å²) in [6, 6.07) is 22.7. The first-order chi connectivity index (χ1) is 24.9. The average molecular weight is 729 g/mol. The van der Waals surface area contributed by atoms with Gasteiger partial charge in [0.15, 0.2) is 0 Å². The molecule has 2 nitrogen and oxygen atoms in total. The second-order valence-corrected chi connectivity index (χ2v) is 21.2. The fourth-order valence-electron chi connectivity index (χ4n) is 8.50. The van der Waals surface area contributed by atoms with Gasteiger partial charge in [-0.05, 0) is 141 Å². The molecular formula is C52H72O2. The van der Waals surface area contributed by atoms with E-state index in [2.05, 4.69) is 158 Å². The van der Waals surface area contributed by atoms with Crippen molar-refractivity contribution in [1.29, 1.82) is 0 Å². The molecular weight excluding hydrogens is 657 g/mol. The molecule has 0 radical (unpaired) electrons. The van der Waals surface area contributed by atoms with E-state index < -0.39 is 0 Å². The van der Waals surface area contributed by atoms with Crippen molar-refractivity contribution in [3.05, 3.63) is 105 Å². The summed E-state index contributed by atoms with van der Waals surface area (Å²) in [5.74, 6) is 1.69. The SMILES string of the molecule is Cc1cc(C[C@H]2CCCCCC[C@@H]2Cc2cc(C)cc(-c3cc(C(C)(C)C)cc(C(C)(C)C)c3)c2O)c(O)c(-c2cc(C(C)(C)C)cc(C(C)(C)C)c2)c1. The van der Waals surface area contributed by atoms with Gasteiger partial charge >= 0.3 is 0 Å². The first kappa shape index (κ1) is 41.6. The molecule has 0 heterocycles. The Balaban J connectivity index is 1.55. The molecule has 2 heteroatoms. The topological polar surface area (TPSA) is 40.5 Å². The van der Waals surface area contributed by atoms with Crippen molar-refractivity contribution < 1.29 is 10.2 Å². The number of aromatic hydroxyl groups is 2. The van der Waals surface area contributed by atoms with E-state index in [4.69, 9.17) is 0 Å². The predicted octanol–water partition coefficient (Wildman–Crippen LogP) is 14.6. The molecule has 1 aliphatic carbocycles. The Labute approximate surface area is 329 Å². The molecule has 4 aromatic carbocycles. The molecule has 292 valence electrons. The van der Waals surface area contributed by atoms with Crippen LogP contribution in [0.5, 0.6) is 11.5 Å². The summed E-state index contributed by atoms with van der Waals surface area (Å²) in [6.45, 7) is 31.6. The van der Waals surface area contributed by atoms with Crippen LogP contribution in [0, 0.1) is 25.7 Å². The van der Waals surface area contributed by atoms with E-state index in [0.717, 1.165) is 59.1 Å². The van der Waals surface area contributed by atoms with Crippen LogP contribution in [0.15, 0.2) is 60.7 Å². The van der Waals surface area contributed by atoms with Crippen LogP contribution in [0.4, 0.5) is 0 Å². The quantitative estimate of drug-likeness (QED) is 0.207. The molecule has 0 aromatic heterocycles. The molecule has 0 unspecified atom stereocenters. The summed E-state index contributed by atoms with van der Waals surface area (Å²) >= 11 is 0. The van der Waals surface area contributed by atoms with Gasteiger partial charge in [-0.25, -0.2) is 0 Å². The molecule has 5 rings (SSSR count). The normalized spacial score (nSPS) is 17.7. The average Bonchev–Trinajstić information content (AvgIpc) is 3.04. The van der Waals surface area contributed by atoms with Gasteiger partial charge in [0.25, 0.3) is 0 Å². The lowest BCUT2D eigenvalue weighted by Crippen LogP contribution is -2.22. The maximum absolute atomic E-state index is 12.1. The fourth-order valence-corrected chi connectivity index (χ4v) is 8.50. The lowest BCUT2D eigenvalue weighted by atomic mass is 9.74. The van der Waals surface area contributed by atoms with Crippen LogP contribution in [0.1, 0.15) is 166 Å². The lowest BCUT2D eigenvalue weighted by molar-refractivity contribution is 0.254. The summed E-state index contributed by atoms with van der Waals surface area (Å²) in [7, 11) is 0. The Morgan fingerprint density at radius 1 is 0.426 bits per heavy atom. The third kappa shape index (κ3) is 9.82. The molecule has 2 N–H and O–H groups in total. The zero-order valence-corrected chi connectivity index (χ0v) is 36.5. The van der Waals surface area contributed by atoms with Crippen molar-refractivity contribution >= 4 is 0 Å². The van der Waals surface area contributed by atoms with Crippen LogP contribution in [0.25, 0.3) is 22.3 Å². The van der Waals surface area contributed by atoms with Crippen LogP contribution in [0.2, 0.25) is 0 Å². The van der Waals surface area contributed by atoms with Crippen molar-refractivity contribution in [2.24, 2.45) is 11.8 Å². The van der Waals surface area contributed by atoms with E-state index in [1.54, 1.807) is 0 Å². The minimum Gasteiger partial charge on any atom is -0.507 e. The van der Waals surface area contributed by atoms with Crippen molar-refractivity contribution in [2.45, 2.75) is 170 Å². The predicted molar refractivity (Wildman–Crippen MR) is 233 cm³/mol. The number of rotatable bonds is 6. The molecule has 54 heavy (non-hydrogen) atoms. The highest BCUT2D eigenvalue weighted by molar-refractivity contribution is 5.75. The van der Waals surface area contributed by atoms with Crippen LogP contribution < -0.4 is 0 Å². The largest absolute Gasteiger partial charge is 0.507 e. The lowest BCUT2D eigenvalue weighted by Gasteiger charge is -2.31. The fraction of sp³-hybridized carbons (Fsp3) is 0.538. The molecule has 1 fully saturated rings. The van der Waals surface area contributed by atoms with Gasteiger partial charge in [0, 0.05) is 11.1 Å².